The zero-order chi connectivity index (χ0) is 10.7. The van der Waals surface area contributed by atoms with Crippen molar-refractivity contribution in [3.05, 3.63) is 22.1 Å². The van der Waals surface area contributed by atoms with Crippen molar-refractivity contribution in [3.8, 4) is 0 Å². The van der Waals surface area contributed by atoms with E-state index in [1.165, 1.54) is 6.20 Å². The Morgan fingerprint density at radius 1 is 1.79 bits per heavy atom. The SMILES string of the molecule is CCC(S)Cn1c([N+](=O)[O-])cnc1C. The van der Waals surface area contributed by atoms with Gasteiger partial charge in [-0.25, -0.2) is 9.55 Å². The lowest BCUT2D eigenvalue weighted by Gasteiger charge is -2.07. The Hall–Kier alpha value is -1.04. The molecule has 1 unspecified atom stereocenters. The summed E-state index contributed by atoms with van der Waals surface area (Å²) in [5.41, 5.74) is 0. The van der Waals surface area contributed by atoms with E-state index in [0.29, 0.717) is 12.4 Å². The molecule has 0 aromatic carbocycles. The van der Waals surface area contributed by atoms with Crippen LogP contribution < -0.4 is 0 Å². The standard InChI is InChI=1S/C8H13N3O2S/c1-3-7(14)5-10-6(2)9-4-8(10)11(12)13/h4,7,14H,3,5H2,1-2H3. The van der Waals surface area contributed by atoms with E-state index in [1.807, 2.05) is 6.92 Å². The summed E-state index contributed by atoms with van der Waals surface area (Å²) in [4.78, 5) is 14.1. The van der Waals surface area contributed by atoms with Gasteiger partial charge in [0.2, 0.25) is 0 Å². The first-order chi connectivity index (χ1) is 6.56. The highest BCUT2D eigenvalue weighted by atomic mass is 32.1. The summed E-state index contributed by atoms with van der Waals surface area (Å²) in [6, 6.07) is 0. The van der Waals surface area contributed by atoms with Crippen LogP contribution in [0, 0.1) is 17.0 Å². The van der Waals surface area contributed by atoms with Crippen LogP contribution in [-0.2, 0) is 6.54 Å². The van der Waals surface area contributed by atoms with Gasteiger partial charge in [0, 0.05) is 12.2 Å². The van der Waals surface area contributed by atoms with Crippen molar-refractivity contribution in [1.29, 1.82) is 0 Å². The van der Waals surface area contributed by atoms with Gasteiger partial charge in [-0.15, -0.1) is 0 Å². The van der Waals surface area contributed by atoms with Crippen LogP contribution in [0.4, 0.5) is 5.82 Å². The third-order valence-electron chi connectivity index (χ3n) is 2.09. The van der Waals surface area contributed by atoms with Crippen LogP contribution in [0.1, 0.15) is 19.2 Å². The number of nitro groups is 1. The van der Waals surface area contributed by atoms with Crippen molar-refractivity contribution in [2.75, 3.05) is 0 Å². The number of aryl methyl sites for hydroxylation is 1. The first kappa shape index (κ1) is 11.0. The molecule has 6 heteroatoms. The summed E-state index contributed by atoms with van der Waals surface area (Å²) in [6.45, 7) is 4.28. The van der Waals surface area contributed by atoms with E-state index in [4.69, 9.17) is 0 Å². The largest absolute Gasteiger partial charge is 0.358 e. The van der Waals surface area contributed by atoms with Crippen molar-refractivity contribution in [1.82, 2.24) is 9.55 Å². The summed E-state index contributed by atoms with van der Waals surface area (Å²) in [6.07, 6.45) is 2.16. The number of hydrogen-bond acceptors (Lipinski definition) is 4. The van der Waals surface area contributed by atoms with E-state index >= 15 is 0 Å². The molecule has 5 nitrogen and oxygen atoms in total. The van der Waals surface area contributed by atoms with Gasteiger partial charge >= 0.3 is 5.82 Å². The predicted octanol–water partition coefficient (Wildman–Crippen LogP) is 1.81. The molecule has 0 radical (unpaired) electrons. The minimum atomic E-state index is -0.420. The second-order valence-electron chi connectivity index (χ2n) is 3.09. The maximum absolute atomic E-state index is 10.6. The highest BCUT2D eigenvalue weighted by Crippen LogP contribution is 2.16. The molecule has 1 atom stereocenters. The summed E-state index contributed by atoms with van der Waals surface area (Å²) in [5.74, 6) is 0.694. The van der Waals surface area contributed by atoms with Crippen molar-refractivity contribution >= 4 is 18.4 Å². The molecule has 1 rings (SSSR count). The predicted molar refractivity (Wildman–Crippen MR) is 56.7 cm³/mol. The molecule has 78 valence electrons. The molecule has 0 spiro atoms. The van der Waals surface area contributed by atoms with Crippen LogP contribution in [0.25, 0.3) is 0 Å². The maximum Gasteiger partial charge on any atom is 0.342 e. The summed E-state index contributed by atoms with van der Waals surface area (Å²) in [5, 5.41) is 10.8. The van der Waals surface area contributed by atoms with Gasteiger partial charge < -0.3 is 10.1 Å². The quantitative estimate of drug-likeness (QED) is 0.473. The number of nitrogens with zero attached hydrogens (tertiary/aromatic N) is 3. The zero-order valence-electron chi connectivity index (χ0n) is 8.17. The lowest BCUT2D eigenvalue weighted by Crippen LogP contribution is -2.13. The van der Waals surface area contributed by atoms with Gasteiger partial charge in [0.25, 0.3) is 0 Å². The second kappa shape index (κ2) is 4.45. The van der Waals surface area contributed by atoms with Gasteiger partial charge in [-0.3, -0.25) is 0 Å². The van der Waals surface area contributed by atoms with Gasteiger partial charge in [-0.05, 0) is 11.3 Å². The Morgan fingerprint density at radius 2 is 2.43 bits per heavy atom. The Labute approximate surface area is 87.7 Å². The maximum atomic E-state index is 10.6. The number of imidazole rings is 1. The first-order valence-electron chi connectivity index (χ1n) is 4.40. The monoisotopic (exact) mass is 215 g/mol. The molecule has 0 bridgehead atoms. The molecule has 0 N–H and O–H groups in total. The number of rotatable bonds is 4. The summed E-state index contributed by atoms with van der Waals surface area (Å²) < 4.78 is 1.58. The van der Waals surface area contributed by atoms with Gasteiger partial charge in [0.15, 0.2) is 5.82 Å². The van der Waals surface area contributed by atoms with Crippen molar-refractivity contribution in [3.63, 3.8) is 0 Å². The average molecular weight is 215 g/mol. The molecule has 0 aliphatic rings. The lowest BCUT2D eigenvalue weighted by atomic mass is 10.3. The zero-order valence-corrected chi connectivity index (χ0v) is 9.07. The molecule has 1 aromatic rings. The van der Waals surface area contributed by atoms with Crippen molar-refractivity contribution < 1.29 is 4.92 Å². The van der Waals surface area contributed by atoms with Crippen molar-refractivity contribution in [2.24, 2.45) is 0 Å². The minimum Gasteiger partial charge on any atom is -0.358 e. The van der Waals surface area contributed by atoms with Crippen LogP contribution in [0.15, 0.2) is 6.20 Å². The Morgan fingerprint density at radius 3 is 2.93 bits per heavy atom. The third-order valence-corrected chi connectivity index (χ3v) is 2.61. The molecule has 0 aliphatic carbocycles. The smallest absolute Gasteiger partial charge is 0.342 e. The topological polar surface area (TPSA) is 61.0 Å². The third kappa shape index (κ3) is 2.25. The fraction of sp³-hybridized carbons (Fsp3) is 0.625. The number of thiol groups is 1. The van der Waals surface area contributed by atoms with Crippen LogP contribution >= 0.6 is 12.6 Å². The Balaban J connectivity index is 2.93. The van der Waals surface area contributed by atoms with Gasteiger partial charge in [0.05, 0.1) is 0 Å². The normalized spacial score (nSPS) is 12.8. The molecule has 0 saturated heterocycles. The van der Waals surface area contributed by atoms with E-state index in [1.54, 1.807) is 11.5 Å². The highest BCUT2D eigenvalue weighted by molar-refractivity contribution is 7.80. The van der Waals surface area contributed by atoms with E-state index in [0.717, 1.165) is 6.42 Å². The number of aromatic nitrogens is 2. The molecule has 0 aliphatic heterocycles. The first-order valence-corrected chi connectivity index (χ1v) is 4.92. The van der Waals surface area contributed by atoms with E-state index < -0.39 is 4.92 Å². The fourth-order valence-electron chi connectivity index (χ4n) is 1.17. The van der Waals surface area contributed by atoms with E-state index in [2.05, 4.69) is 17.6 Å². The van der Waals surface area contributed by atoms with Crippen LogP contribution in [0.2, 0.25) is 0 Å². The number of hydrogen-bond donors (Lipinski definition) is 1. The van der Waals surface area contributed by atoms with Gasteiger partial charge in [-0.2, -0.15) is 12.6 Å². The highest BCUT2D eigenvalue weighted by Gasteiger charge is 2.18. The molecular weight excluding hydrogens is 202 g/mol. The van der Waals surface area contributed by atoms with E-state index in [9.17, 15) is 10.1 Å². The molecule has 1 heterocycles. The Bertz CT molecular complexity index is 337. The molecule has 0 amide bonds. The minimum absolute atomic E-state index is 0.0370. The van der Waals surface area contributed by atoms with Crippen LogP contribution in [-0.4, -0.2) is 19.7 Å². The molecule has 0 fully saturated rings. The Kier molecular flexibility index (Phi) is 3.51. The summed E-state index contributed by atoms with van der Waals surface area (Å²) in [7, 11) is 0. The molecule has 1 aromatic heterocycles. The molecule has 0 saturated carbocycles. The molecule has 14 heavy (non-hydrogen) atoms. The summed E-state index contributed by atoms with van der Waals surface area (Å²) >= 11 is 4.31. The van der Waals surface area contributed by atoms with Gasteiger partial charge in [-0.1, -0.05) is 6.92 Å². The van der Waals surface area contributed by atoms with E-state index in [-0.39, 0.29) is 11.1 Å². The van der Waals surface area contributed by atoms with Crippen LogP contribution in [0.5, 0.6) is 0 Å². The fourth-order valence-corrected chi connectivity index (χ4v) is 1.33. The average Bonchev–Trinajstić information content (AvgIpc) is 2.48. The van der Waals surface area contributed by atoms with Crippen molar-refractivity contribution in [2.45, 2.75) is 32.1 Å². The van der Waals surface area contributed by atoms with Crippen LogP contribution in [0.3, 0.4) is 0 Å². The lowest BCUT2D eigenvalue weighted by molar-refractivity contribution is -0.392. The molecular formula is C8H13N3O2S. The second-order valence-corrected chi connectivity index (χ2v) is 3.82. The van der Waals surface area contributed by atoms with Gasteiger partial charge in [0.1, 0.15) is 12.7 Å².